The molecule has 2 heteroatoms. The van der Waals surface area contributed by atoms with Gasteiger partial charge in [0.25, 0.3) is 0 Å². The van der Waals surface area contributed by atoms with E-state index in [1.807, 2.05) is 0 Å². The van der Waals surface area contributed by atoms with Crippen molar-refractivity contribution in [3.8, 4) is 0 Å². The molecule has 0 saturated heterocycles. The van der Waals surface area contributed by atoms with Gasteiger partial charge in [0.15, 0.2) is 0 Å². The fourth-order valence-corrected chi connectivity index (χ4v) is 2.12. The highest BCUT2D eigenvalue weighted by Gasteiger charge is 2.41. The molecular formula is C16H32F2. The molecule has 2 unspecified atom stereocenters. The van der Waals surface area contributed by atoms with E-state index >= 15 is 0 Å². The van der Waals surface area contributed by atoms with Gasteiger partial charge in [-0.15, -0.1) is 0 Å². The number of halogens is 2. The molecule has 0 amide bonds. The predicted octanol–water partition coefficient (Wildman–Crippen LogP) is 6.24. The van der Waals surface area contributed by atoms with Crippen molar-refractivity contribution in [3.05, 3.63) is 0 Å². The zero-order chi connectivity index (χ0) is 14.2. The lowest BCUT2D eigenvalue weighted by atomic mass is 9.86. The highest BCUT2D eigenvalue weighted by molar-refractivity contribution is 4.90. The van der Waals surface area contributed by atoms with Gasteiger partial charge < -0.3 is 0 Å². The molecule has 0 aromatic heterocycles. The molecule has 0 N–H and O–H groups in total. The normalized spacial score (nSPS) is 17.5. The Kier molecular flexibility index (Phi) is 8.05. The van der Waals surface area contributed by atoms with E-state index in [0.29, 0.717) is 6.42 Å². The number of rotatable bonds is 10. The molecule has 0 radical (unpaired) electrons. The monoisotopic (exact) mass is 262 g/mol. The summed E-state index contributed by atoms with van der Waals surface area (Å²) in [7, 11) is 0. The van der Waals surface area contributed by atoms with E-state index in [1.54, 1.807) is 0 Å². The largest absolute Gasteiger partial charge is 0.241 e. The van der Waals surface area contributed by atoms with Gasteiger partial charge in [-0.2, -0.15) is 0 Å². The SMILES string of the molecule is CCCCC(C)CCCCCC(C)(F)C(C)(C)F. The summed E-state index contributed by atoms with van der Waals surface area (Å²) in [4.78, 5) is 0. The van der Waals surface area contributed by atoms with Crippen LogP contribution in [-0.4, -0.2) is 11.3 Å². The minimum absolute atomic E-state index is 0.333. The van der Waals surface area contributed by atoms with Crippen molar-refractivity contribution in [2.75, 3.05) is 0 Å². The van der Waals surface area contributed by atoms with Gasteiger partial charge in [-0.05, 0) is 33.1 Å². The molecule has 0 nitrogen and oxygen atoms in total. The molecular weight excluding hydrogens is 230 g/mol. The standard InChI is InChI=1S/C16H32F2/c1-6-7-11-14(2)12-9-8-10-13-16(5,18)15(3,4)17/h14H,6-13H2,1-5H3. The Hall–Kier alpha value is -0.140. The van der Waals surface area contributed by atoms with Gasteiger partial charge in [0.05, 0.1) is 0 Å². The Morgan fingerprint density at radius 1 is 0.889 bits per heavy atom. The first kappa shape index (κ1) is 17.9. The van der Waals surface area contributed by atoms with Crippen LogP contribution in [0.4, 0.5) is 8.78 Å². The van der Waals surface area contributed by atoms with Crippen molar-refractivity contribution in [2.45, 2.75) is 97.3 Å². The molecule has 18 heavy (non-hydrogen) atoms. The lowest BCUT2D eigenvalue weighted by molar-refractivity contribution is -0.00865. The summed E-state index contributed by atoms with van der Waals surface area (Å²) in [6.45, 7) is 8.56. The summed E-state index contributed by atoms with van der Waals surface area (Å²) in [6.07, 6.45) is 8.38. The van der Waals surface area contributed by atoms with Crippen molar-refractivity contribution >= 4 is 0 Å². The Labute approximate surface area is 113 Å². The molecule has 0 bridgehead atoms. The first-order valence-corrected chi connectivity index (χ1v) is 7.58. The third-order valence-electron chi connectivity index (χ3n) is 4.13. The van der Waals surface area contributed by atoms with Crippen molar-refractivity contribution in [1.82, 2.24) is 0 Å². The second-order valence-corrected chi connectivity index (χ2v) is 6.52. The maximum absolute atomic E-state index is 14.0. The van der Waals surface area contributed by atoms with Crippen LogP contribution in [-0.2, 0) is 0 Å². The smallest absolute Gasteiger partial charge is 0.141 e. The molecule has 0 aliphatic carbocycles. The van der Waals surface area contributed by atoms with Gasteiger partial charge in [-0.3, -0.25) is 0 Å². The van der Waals surface area contributed by atoms with Crippen molar-refractivity contribution in [2.24, 2.45) is 5.92 Å². The van der Waals surface area contributed by atoms with Crippen LogP contribution in [0.5, 0.6) is 0 Å². The van der Waals surface area contributed by atoms with Crippen LogP contribution in [0, 0.1) is 5.92 Å². The lowest BCUT2D eigenvalue weighted by Crippen LogP contribution is -2.39. The second kappa shape index (κ2) is 8.12. The van der Waals surface area contributed by atoms with Crippen LogP contribution in [0.15, 0.2) is 0 Å². The zero-order valence-corrected chi connectivity index (χ0v) is 13.0. The number of alkyl halides is 2. The number of hydrogen-bond acceptors (Lipinski definition) is 0. The summed E-state index contributed by atoms with van der Waals surface area (Å²) in [6, 6.07) is 0. The van der Waals surface area contributed by atoms with Crippen LogP contribution < -0.4 is 0 Å². The van der Waals surface area contributed by atoms with E-state index < -0.39 is 11.3 Å². The van der Waals surface area contributed by atoms with Crippen LogP contribution in [0.25, 0.3) is 0 Å². The minimum Gasteiger partial charge on any atom is -0.241 e. The summed E-state index contributed by atoms with van der Waals surface area (Å²) in [5, 5.41) is 0. The first-order valence-electron chi connectivity index (χ1n) is 7.58. The number of unbranched alkanes of at least 4 members (excludes halogenated alkanes) is 3. The summed E-state index contributed by atoms with van der Waals surface area (Å²) in [5.74, 6) is 0.777. The fourth-order valence-electron chi connectivity index (χ4n) is 2.12. The van der Waals surface area contributed by atoms with E-state index in [0.717, 1.165) is 25.2 Å². The van der Waals surface area contributed by atoms with E-state index in [2.05, 4.69) is 13.8 Å². The van der Waals surface area contributed by atoms with Crippen molar-refractivity contribution in [3.63, 3.8) is 0 Å². The Balaban J connectivity index is 3.63. The van der Waals surface area contributed by atoms with Crippen molar-refractivity contribution in [1.29, 1.82) is 0 Å². The Bertz CT molecular complexity index is 204. The van der Waals surface area contributed by atoms with E-state index in [-0.39, 0.29) is 0 Å². The molecule has 0 fully saturated rings. The molecule has 0 spiro atoms. The number of hydrogen-bond donors (Lipinski definition) is 0. The van der Waals surface area contributed by atoms with Gasteiger partial charge >= 0.3 is 0 Å². The van der Waals surface area contributed by atoms with E-state index in [9.17, 15) is 8.78 Å². The molecule has 0 rings (SSSR count). The molecule has 0 aromatic carbocycles. The van der Waals surface area contributed by atoms with Gasteiger partial charge in [-0.1, -0.05) is 58.8 Å². The lowest BCUT2D eigenvalue weighted by Gasteiger charge is -2.30. The van der Waals surface area contributed by atoms with E-state index in [1.165, 1.54) is 46.5 Å². The highest BCUT2D eigenvalue weighted by atomic mass is 19.2. The Morgan fingerprint density at radius 2 is 1.44 bits per heavy atom. The third kappa shape index (κ3) is 7.33. The fraction of sp³-hybridized carbons (Fsp3) is 1.00. The van der Waals surface area contributed by atoms with Gasteiger partial charge in [0, 0.05) is 0 Å². The molecule has 2 atom stereocenters. The Morgan fingerprint density at radius 3 is 1.94 bits per heavy atom. The quantitative estimate of drug-likeness (QED) is 0.409. The van der Waals surface area contributed by atoms with Crippen LogP contribution in [0.3, 0.4) is 0 Å². The summed E-state index contributed by atoms with van der Waals surface area (Å²) in [5.41, 5.74) is -3.43. The van der Waals surface area contributed by atoms with Gasteiger partial charge in [-0.25, -0.2) is 8.78 Å². The van der Waals surface area contributed by atoms with Gasteiger partial charge in [0.1, 0.15) is 11.3 Å². The molecule has 0 aliphatic heterocycles. The highest BCUT2D eigenvalue weighted by Crippen LogP contribution is 2.34. The van der Waals surface area contributed by atoms with Crippen LogP contribution in [0.1, 0.15) is 86.0 Å². The minimum atomic E-state index is -1.73. The third-order valence-corrected chi connectivity index (χ3v) is 4.13. The zero-order valence-electron chi connectivity index (χ0n) is 13.0. The predicted molar refractivity (Wildman–Crippen MR) is 76.5 cm³/mol. The molecule has 0 saturated carbocycles. The maximum atomic E-state index is 14.0. The second-order valence-electron chi connectivity index (χ2n) is 6.52. The van der Waals surface area contributed by atoms with Gasteiger partial charge in [0.2, 0.25) is 0 Å². The summed E-state index contributed by atoms with van der Waals surface area (Å²) < 4.78 is 27.5. The summed E-state index contributed by atoms with van der Waals surface area (Å²) >= 11 is 0. The molecule has 0 aliphatic rings. The molecule has 0 heterocycles. The first-order chi connectivity index (χ1) is 8.20. The van der Waals surface area contributed by atoms with Crippen molar-refractivity contribution < 1.29 is 8.78 Å². The van der Waals surface area contributed by atoms with Crippen LogP contribution >= 0.6 is 0 Å². The molecule has 110 valence electrons. The topological polar surface area (TPSA) is 0 Å². The van der Waals surface area contributed by atoms with Crippen LogP contribution in [0.2, 0.25) is 0 Å². The molecule has 0 aromatic rings. The maximum Gasteiger partial charge on any atom is 0.141 e. The average molecular weight is 262 g/mol. The average Bonchev–Trinajstić information content (AvgIpc) is 2.24. The van der Waals surface area contributed by atoms with E-state index in [4.69, 9.17) is 0 Å².